The van der Waals surface area contributed by atoms with Crippen LogP contribution in [0, 0.1) is 34.1 Å². The molecule has 0 radical (unpaired) electrons. The van der Waals surface area contributed by atoms with E-state index in [4.69, 9.17) is 9.47 Å². The molecule has 202 valence electrons. The quantitative estimate of drug-likeness (QED) is 0.109. The first-order valence-electron chi connectivity index (χ1n) is 11.7. The summed E-state index contributed by atoms with van der Waals surface area (Å²) >= 11 is 4.74. The van der Waals surface area contributed by atoms with Crippen LogP contribution in [0.2, 0.25) is 0 Å². The second-order valence-corrected chi connectivity index (χ2v) is 10.6. The Morgan fingerprint density at radius 3 is 2.46 bits per heavy atom. The minimum Gasteiger partial charge on any atom is -0.493 e. The van der Waals surface area contributed by atoms with Crippen molar-refractivity contribution in [3.63, 3.8) is 0 Å². The third kappa shape index (κ3) is 6.73. The van der Waals surface area contributed by atoms with Gasteiger partial charge in [0.1, 0.15) is 17.7 Å². The lowest BCUT2D eigenvalue weighted by atomic mass is 10.1. The first-order chi connectivity index (χ1) is 18.7. The van der Waals surface area contributed by atoms with Gasteiger partial charge >= 0.3 is 0 Å². The highest BCUT2D eigenvalue weighted by Gasteiger charge is 2.26. The minimum absolute atomic E-state index is 0.0363. The lowest BCUT2D eigenvalue weighted by Crippen LogP contribution is -2.12. The van der Waals surface area contributed by atoms with Crippen molar-refractivity contribution in [2.45, 2.75) is 30.9 Å². The fourth-order valence-corrected chi connectivity index (χ4v) is 5.59. The van der Waals surface area contributed by atoms with Gasteiger partial charge in [0, 0.05) is 22.7 Å². The summed E-state index contributed by atoms with van der Waals surface area (Å²) in [5.74, 6) is 1.39. The number of nitrogens with zero attached hydrogens (tertiary/aromatic N) is 5. The van der Waals surface area contributed by atoms with E-state index in [0.717, 1.165) is 11.3 Å². The average Bonchev–Trinajstić information content (AvgIpc) is 3.27. The smallest absolute Gasteiger partial charge is 0.269 e. The lowest BCUT2D eigenvalue weighted by molar-refractivity contribution is -0.479. The molecule has 0 spiro atoms. The topological polar surface area (TPSA) is 135 Å². The number of non-ortho nitro benzene ring substituents is 1. The molecule has 0 saturated heterocycles. The molecule has 13 heteroatoms. The Bertz CT molecular complexity index is 1510. The number of ether oxygens (including phenoxy) is 2. The van der Waals surface area contributed by atoms with E-state index in [1.165, 1.54) is 31.0 Å². The second kappa shape index (κ2) is 12.3. The van der Waals surface area contributed by atoms with E-state index in [9.17, 15) is 20.2 Å². The van der Waals surface area contributed by atoms with Gasteiger partial charge in [-0.25, -0.2) is 0 Å². The third-order valence-electron chi connectivity index (χ3n) is 5.78. The molecule has 0 aliphatic heterocycles. The molecule has 0 amide bonds. The summed E-state index contributed by atoms with van der Waals surface area (Å²) in [5, 5.41) is 31.1. The molecule has 0 N–H and O–H groups in total. The van der Waals surface area contributed by atoms with Crippen molar-refractivity contribution in [3.05, 3.63) is 108 Å². The van der Waals surface area contributed by atoms with Gasteiger partial charge in [-0.15, -0.1) is 10.2 Å². The molecule has 0 aliphatic rings. The summed E-state index contributed by atoms with van der Waals surface area (Å²) in [4.78, 5) is 21.9. The van der Waals surface area contributed by atoms with E-state index in [1.807, 2.05) is 42.7 Å². The first kappa shape index (κ1) is 28.0. The zero-order chi connectivity index (χ0) is 28.1. The zero-order valence-electron chi connectivity index (χ0n) is 21.2. The van der Waals surface area contributed by atoms with Gasteiger partial charge in [-0.2, -0.15) is 0 Å². The molecule has 39 heavy (non-hydrogen) atoms. The number of hydrogen-bond acceptors (Lipinski definition) is 9. The number of aryl methyl sites for hydroxylation is 2. The number of rotatable bonds is 11. The summed E-state index contributed by atoms with van der Waals surface area (Å²) in [6.07, 6.45) is 0. The Morgan fingerprint density at radius 1 is 1.05 bits per heavy atom. The molecule has 0 unspecified atom stereocenters. The fraction of sp³-hybridized carbons (Fsp3) is 0.231. The van der Waals surface area contributed by atoms with Crippen LogP contribution in [0.3, 0.4) is 0 Å². The Morgan fingerprint density at radius 2 is 1.79 bits per heavy atom. The zero-order valence-corrected chi connectivity index (χ0v) is 23.6. The van der Waals surface area contributed by atoms with Gasteiger partial charge in [-0.3, -0.25) is 24.8 Å². The van der Waals surface area contributed by atoms with Gasteiger partial charge in [0.15, 0.2) is 16.7 Å². The molecule has 1 atom stereocenters. The second-order valence-electron chi connectivity index (χ2n) is 8.57. The monoisotopic (exact) mass is 613 g/mol. The summed E-state index contributed by atoms with van der Waals surface area (Å²) in [7, 11) is 1.47. The maximum absolute atomic E-state index is 11.6. The predicted molar refractivity (Wildman–Crippen MR) is 149 cm³/mol. The van der Waals surface area contributed by atoms with E-state index in [0.29, 0.717) is 38.1 Å². The number of nitro benzene ring substituents is 1. The number of hydrogen-bond donors (Lipinski definition) is 0. The number of halogens is 1. The molecule has 0 saturated carbocycles. The van der Waals surface area contributed by atoms with Crippen LogP contribution >= 0.6 is 27.7 Å². The Hall–Kier alpha value is -3.97. The van der Waals surface area contributed by atoms with Crippen LogP contribution in [0.5, 0.6) is 11.5 Å². The largest absolute Gasteiger partial charge is 0.493 e. The maximum atomic E-state index is 11.6. The van der Waals surface area contributed by atoms with Gasteiger partial charge in [0.25, 0.3) is 5.69 Å². The van der Waals surface area contributed by atoms with Gasteiger partial charge in [0.2, 0.25) is 6.54 Å². The highest BCUT2D eigenvalue weighted by atomic mass is 79.9. The lowest BCUT2D eigenvalue weighted by Gasteiger charge is -2.18. The van der Waals surface area contributed by atoms with Crippen molar-refractivity contribution < 1.29 is 19.3 Å². The molecule has 1 heterocycles. The summed E-state index contributed by atoms with van der Waals surface area (Å²) in [6, 6.07) is 17.4. The summed E-state index contributed by atoms with van der Waals surface area (Å²) in [6.45, 7) is 3.51. The van der Waals surface area contributed by atoms with Crippen molar-refractivity contribution in [1.82, 2.24) is 14.8 Å². The molecule has 4 rings (SSSR count). The van der Waals surface area contributed by atoms with Crippen molar-refractivity contribution in [2.75, 3.05) is 13.7 Å². The third-order valence-corrected chi connectivity index (χ3v) is 7.55. The predicted octanol–water partition coefficient (Wildman–Crippen LogP) is 6.25. The first-order valence-corrected chi connectivity index (χ1v) is 13.3. The van der Waals surface area contributed by atoms with Gasteiger partial charge < -0.3 is 9.47 Å². The molecule has 4 aromatic rings. The SMILES string of the molecule is COc1cc([C@H](C[N+](=O)[O-])Sc2nnc(C)n2-c2ccc(C)cc2)cc(Br)c1OCc1cccc([N+](=O)[O-])c1. The minimum atomic E-state index is -0.621. The number of aromatic nitrogens is 3. The van der Waals surface area contributed by atoms with E-state index < -0.39 is 10.2 Å². The van der Waals surface area contributed by atoms with Gasteiger partial charge in [-0.05, 0) is 65.2 Å². The van der Waals surface area contributed by atoms with Crippen LogP contribution in [-0.4, -0.2) is 38.3 Å². The van der Waals surface area contributed by atoms with Crippen LogP contribution in [0.25, 0.3) is 5.69 Å². The molecule has 0 fully saturated rings. The van der Waals surface area contributed by atoms with Crippen LogP contribution in [0.1, 0.15) is 27.8 Å². The summed E-state index contributed by atoms with van der Waals surface area (Å²) in [5.41, 5.74) is 3.16. The molecule has 1 aromatic heterocycles. The number of nitro groups is 2. The molecular weight excluding hydrogens is 590 g/mol. The van der Waals surface area contributed by atoms with E-state index >= 15 is 0 Å². The molecule has 3 aromatic carbocycles. The number of methoxy groups -OCH3 is 1. The highest BCUT2D eigenvalue weighted by molar-refractivity contribution is 9.10. The normalized spacial score (nSPS) is 11.7. The van der Waals surface area contributed by atoms with Gasteiger partial charge in [-0.1, -0.05) is 41.6 Å². The van der Waals surface area contributed by atoms with Crippen LogP contribution in [0.4, 0.5) is 5.69 Å². The van der Waals surface area contributed by atoms with Crippen molar-refractivity contribution >= 4 is 33.4 Å². The molecule has 11 nitrogen and oxygen atoms in total. The Kier molecular flexibility index (Phi) is 8.82. The number of benzene rings is 3. The van der Waals surface area contributed by atoms with Crippen molar-refractivity contribution in [2.24, 2.45) is 0 Å². The summed E-state index contributed by atoms with van der Waals surface area (Å²) < 4.78 is 13.9. The molecular formula is C26H24BrN5O6S. The standard InChI is InChI=1S/C26H24BrN5O6S/c1-16-7-9-20(10-8-16)31-17(2)28-29-26(31)39-24(14-30(33)34)19-12-22(27)25(23(13-19)37-3)38-15-18-5-4-6-21(11-18)32(35)36/h4-13,24H,14-15H2,1-3H3/t24-/m0/s1. The Labute approximate surface area is 236 Å². The van der Waals surface area contributed by atoms with Crippen LogP contribution in [-0.2, 0) is 6.61 Å². The van der Waals surface area contributed by atoms with Crippen LogP contribution in [0.15, 0.2) is 70.3 Å². The highest BCUT2D eigenvalue weighted by Crippen LogP contribution is 2.43. The number of thioether (sulfide) groups is 1. The van der Waals surface area contributed by atoms with E-state index in [1.54, 1.807) is 24.3 Å². The van der Waals surface area contributed by atoms with E-state index in [-0.39, 0.29) is 23.8 Å². The molecule has 0 bridgehead atoms. The maximum Gasteiger partial charge on any atom is 0.269 e. The average molecular weight is 614 g/mol. The fourth-order valence-electron chi connectivity index (χ4n) is 3.86. The van der Waals surface area contributed by atoms with Gasteiger partial charge in [0.05, 0.1) is 16.5 Å². The van der Waals surface area contributed by atoms with Crippen LogP contribution < -0.4 is 9.47 Å². The van der Waals surface area contributed by atoms with Crippen molar-refractivity contribution in [1.29, 1.82) is 0 Å². The Balaban J connectivity index is 1.64. The molecule has 0 aliphatic carbocycles. The van der Waals surface area contributed by atoms with Crippen molar-refractivity contribution in [3.8, 4) is 17.2 Å². The van der Waals surface area contributed by atoms with E-state index in [2.05, 4.69) is 26.1 Å².